The molecule has 1 saturated carbocycles. The van der Waals surface area contributed by atoms with Crippen LogP contribution in [0.15, 0.2) is 42.5 Å². The molecule has 0 bridgehead atoms. The van der Waals surface area contributed by atoms with Gasteiger partial charge in [-0.1, -0.05) is 55.3 Å². The van der Waals surface area contributed by atoms with E-state index in [0.717, 1.165) is 11.8 Å². The summed E-state index contributed by atoms with van der Waals surface area (Å²) in [5, 5.41) is 3.91. The Hall–Kier alpha value is -1.08. The molecule has 0 heterocycles. The zero-order valence-corrected chi connectivity index (χ0v) is 12.4. The summed E-state index contributed by atoms with van der Waals surface area (Å²) in [5.41, 5.74) is 1.54. The van der Waals surface area contributed by atoms with Crippen molar-refractivity contribution in [3.8, 4) is 0 Å². The number of hydrogen-bond acceptors (Lipinski definition) is 1. The molecule has 108 valence electrons. The SMILES string of the molecule is C1=CCC(CNC2CCCCC2c2ccccc2)CC1. The van der Waals surface area contributed by atoms with Crippen molar-refractivity contribution in [2.75, 3.05) is 6.54 Å². The Bertz CT molecular complexity index is 423. The van der Waals surface area contributed by atoms with Crippen LogP contribution in [0.4, 0.5) is 0 Å². The third-order valence-corrected chi connectivity index (χ3v) is 5.04. The van der Waals surface area contributed by atoms with Gasteiger partial charge >= 0.3 is 0 Å². The van der Waals surface area contributed by atoms with Crippen LogP contribution in [0.5, 0.6) is 0 Å². The second-order valence-corrected chi connectivity index (χ2v) is 6.47. The van der Waals surface area contributed by atoms with Crippen molar-refractivity contribution < 1.29 is 0 Å². The van der Waals surface area contributed by atoms with Gasteiger partial charge in [-0.25, -0.2) is 0 Å². The van der Waals surface area contributed by atoms with E-state index in [9.17, 15) is 0 Å². The predicted octanol–water partition coefficient (Wildman–Crippen LogP) is 4.66. The Labute approximate surface area is 123 Å². The molecule has 1 heteroatoms. The Balaban J connectivity index is 1.59. The Morgan fingerprint density at radius 3 is 2.60 bits per heavy atom. The molecule has 3 atom stereocenters. The molecule has 0 saturated heterocycles. The average molecular weight is 269 g/mol. The summed E-state index contributed by atoms with van der Waals surface area (Å²) in [5.74, 6) is 1.59. The van der Waals surface area contributed by atoms with Gasteiger partial charge < -0.3 is 5.32 Å². The standard InChI is InChI=1S/C19H27N/c1-3-9-16(10-4-1)15-20-19-14-8-7-13-18(19)17-11-5-2-6-12-17/h1-3,5-6,11-12,16,18-20H,4,7-10,13-15H2. The Morgan fingerprint density at radius 1 is 0.950 bits per heavy atom. The van der Waals surface area contributed by atoms with E-state index in [2.05, 4.69) is 47.8 Å². The first kappa shape index (κ1) is 13.9. The fourth-order valence-electron chi connectivity index (χ4n) is 3.83. The Morgan fingerprint density at radius 2 is 1.80 bits per heavy atom. The first-order chi connectivity index (χ1) is 9.93. The summed E-state index contributed by atoms with van der Waals surface area (Å²) >= 11 is 0. The highest BCUT2D eigenvalue weighted by Crippen LogP contribution is 2.33. The van der Waals surface area contributed by atoms with Gasteiger partial charge in [0.25, 0.3) is 0 Å². The van der Waals surface area contributed by atoms with Crippen LogP contribution in [0, 0.1) is 5.92 Å². The number of hydrogen-bond donors (Lipinski definition) is 1. The van der Waals surface area contributed by atoms with E-state index >= 15 is 0 Å². The minimum atomic E-state index is 0.692. The molecule has 20 heavy (non-hydrogen) atoms. The molecule has 3 rings (SSSR count). The van der Waals surface area contributed by atoms with Crippen LogP contribution in [0.2, 0.25) is 0 Å². The molecule has 0 amide bonds. The van der Waals surface area contributed by atoms with Crippen molar-refractivity contribution in [1.82, 2.24) is 5.32 Å². The van der Waals surface area contributed by atoms with Gasteiger partial charge in [-0.15, -0.1) is 0 Å². The van der Waals surface area contributed by atoms with Gasteiger partial charge in [0, 0.05) is 6.04 Å². The molecule has 0 aromatic heterocycles. The largest absolute Gasteiger partial charge is 0.313 e. The van der Waals surface area contributed by atoms with E-state index in [1.165, 1.54) is 57.1 Å². The fraction of sp³-hybridized carbons (Fsp3) is 0.579. The van der Waals surface area contributed by atoms with Gasteiger partial charge in [0.2, 0.25) is 0 Å². The van der Waals surface area contributed by atoms with Gasteiger partial charge in [0.1, 0.15) is 0 Å². The number of rotatable bonds is 4. The van der Waals surface area contributed by atoms with E-state index in [-0.39, 0.29) is 0 Å². The monoisotopic (exact) mass is 269 g/mol. The first-order valence-corrected chi connectivity index (χ1v) is 8.37. The molecular formula is C19H27N. The van der Waals surface area contributed by atoms with Crippen molar-refractivity contribution in [3.63, 3.8) is 0 Å². The molecule has 0 aliphatic heterocycles. The van der Waals surface area contributed by atoms with Crippen LogP contribution >= 0.6 is 0 Å². The summed E-state index contributed by atoms with van der Waals surface area (Å²) in [6.45, 7) is 1.21. The predicted molar refractivity (Wildman–Crippen MR) is 85.9 cm³/mol. The second-order valence-electron chi connectivity index (χ2n) is 6.47. The smallest absolute Gasteiger partial charge is 0.0136 e. The molecule has 1 aromatic carbocycles. The first-order valence-electron chi connectivity index (χ1n) is 8.37. The van der Waals surface area contributed by atoms with E-state index in [0.29, 0.717) is 6.04 Å². The zero-order chi connectivity index (χ0) is 13.6. The Kier molecular flexibility index (Phi) is 4.91. The zero-order valence-electron chi connectivity index (χ0n) is 12.4. The van der Waals surface area contributed by atoms with Crippen molar-refractivity contribution in [1.29, 1.82) is 0 Å². The topological polar surface area (TPSA) is 12.0 Å². The van der Waals surface area contributed by atoms with Gasteiger partial charge in [-0.2, -0.15) is 0 Å². The maximum atomic E-state index is 3.91. The van der Waals surface area contributed by atoms with Gasteiger partial charge in [-0.3, -0.25) is 0 Å². The summed E-state index contributed by atoms with van der Waals surface area (Å²) in [6.07, 6.45) is 14.1. The maximum Gasteiger partial charge on any atom is 0.0136 e. The van der Waals surface area contributed by atoms with Crippen molar-refractivity contribution in [3.05, 3.63) is 48.0 Å². The van der Waals surface area contributed by atoms with Gasteiger partial charge in [-0.05, 0) is 56.0 Å². The molecule has 2 aliphatic rings. The summed E-state index contributed by atoms with van der Waals surface area (Å²) in [6, 6.07) is 11.8. The second kappa shape index (κ2) is 7.08. The van der Waals surface area contributed by atoms with Gasteiger partial charge in [0.05, 0.1) is 0 Å². The average Bonchev–Trinajstić information content (AvgIpc) is 2.55. The molecule has 0 radical (unpaired) electrons. The van der Waals surface area contributed by atoms with E-state index in [4.69, 9.17) is 0 Å². The van der Waals surface area contributed by atoms with Crippen molar-refractivity contribution in [2.24, 2.45) is 5.92 Å². The summed E-state index contributed by atoms with van der Waals surface area (Å²) in [4.78, 5) is 0. The van der Waals surface area contributed by atoms with Crippen LogP contribution in [-0.4, -0.2) is 12.6 Å². The van der Waals surface area contributed by atoms with Crippen molar-refractivity contribution >= 4 is 0 Å². The quantitative estimate of drug-likeness (QED) is 0.784. The lowest BCUT2D eigenvalue weighted by Gasteiger charge is -2.34. The third kappa shape index (κ3) is 3.52. The maximum absolute atomic E-state index is 3.91. The lowest BCUT2D eigenvalue weighted by molar-refractivity contribution is 0.303. The molecular weight excluding hydrogens is 242 g/mol. The molecule has 1 aromatic rings. The van der Waals surface area contributed by atoms with Crippen LogP contribution in [0.3, 0.4) is 0 Å². The summed E-state index contributed by atoms with van der Waals surface area (Å²) in [7, 11) is 0. The lowest BCUT2D eigenvalue weighted by Crippen LogP contribution is -2.40. The van der Waals surface area contributed by atoms with E-state index in [1.807, 2.05) is 0 Å². The lowest BCUT2D eigenvalue weighted by atomic mass is 9.79. The number of nitrogens with one attached hydrogen (secondary N) is 1. The van der Waals surface area contributed by atoms with Gasteiger partial charge in [0.15, 0.2) is 0 Å². The molecule has 1 fully saturated rings. The molecule has 2 aliphatic carbocycles. The normalized spacial score (nSPS) is 30.3. The molecule has 0 spiro atoms. The van der Waals surface area contributed by atoms with E-state index in [1.54, 1.807) is 0 Å². The van der Waals surface area contributed by atoms with Crippen LogP contribution in [0.1, 0.15) is 56.4 Å². The van der Waals surface area contributed by atoms with E-state index < -0.39 is 0 Å². The number of allylic oxidation sites excluding steroid dienone is 2. The highest BCUT2D eigenvalue weighted by atomic mass is 14.9. The van der Waals surface area contributed by atoms with Crippen LogP contribution in [0.25, 0.3) is 0 Å². The molecule has 1 nitrogen and oxygen atoms in total. The number of benzene rings is 1. The molecule has 3 unspecified atom stereocenters. The summed E-state index contributed by atoms with van der Waals surface area (Å²) < 4.78 is 0. The fourth-order valence-corrected chi connectivity index (χ4v) is 3.83. The molecule has 1 N–H and O–H groups in total. The van der Waals surface area contributed by atoms with Crippen LogP contribution < -0.4 is 5.32 Å². The minimum Gasteiger partial charge on any atom is -0.313 e. The van der Waals surface area contributed by atoms with Crippen LogP contribution in [-0.2, 0) is 0 Å². The highest BCUT2D eigenvalue weighted by molar-refractivity contribution is 5.22. The minimum absolute atomic E-state index is 0.692. The highest BCUT2D eigenvalue weighted by Gasteiger charge is 2.26. The third-order valence-electron chi connectivity index (χ3n) is 5.04. The van der Waals surface area contributed by atoms with Crippen molar-refractivity contribution in [2.45, 2.75) is 56.9 Å².